The summed E-state index contributed by atoms with van der Waals surface area (Å²) in [5.41, 5.74) is 0.0793. The predicted molar refractivity (Wildman–Crippen MR) is 40.4 cm³/mol. The normalized spacial score (nSPS) is 10.1. The summed E-state index contributed by atoms with van der Waals surface area (Å²) in [5, 5.41) is 2.02. The third-order valence-corrected chi connectivity index (χ3v) is 1.23. The third kappa shape index (κ3) is 3.10. The Morgan fingerprint density at radius 2 is 2.38 bits per heavy atom. The van der Waals surface area contributed by atoms with Gasteiger partial charge in [-0.1, -0.05) is 0 Å². The molecule has 0 atom stereocenters. The van der Waals surface area contributed by atoms with Gasteiger partial charge >= 0.3 is 0 Å². The maximum Gasteiger partial charge on any atom is 0.270 e. The van der Waals surface area contributed by atoms with Crippen LogP contribution in [0.3, 0.4) is 0 Å². The van der Waals surface area contributed by atoms with E-state index in [1.54, 1.807) is 0 Å². The lowest BCUT2D eigenvalue weighted by Gasteiger charge is -2.02. The Morgan fingerprint density at radius 1 is 1.62 bits per heavy atom. The van der Waals surface area contributed by atoms with E-state index in [2.05, 4.69) is 9.97 Å². The van der Waals surface area contributed by atoms with Gasteiger partial charge in [0.15, 0.2) is 0 Å². The zero-order valence-electron chi connectivity index (χ0n) is 6.58. The van der Waals surface area contributed by atoms with Gasteiger partial charge in [-0.25, -0.2) is 18.7 Å². The first-order chi connectivity index (χ1) is 6.20. The van der Waals surface area contributed by atoms with Gasteiger partial charge in [0.2, 0.25) is 0 Å². The third-order valence-electron chi connectivity index (χ3n) is 1.23. The van der Waals surface area contributed by atoms with Crippen molar-refractivity contribution in [2.45, 2.75) is 6.43 Å². The average Bonchev–Trinajstić information content (AvgIpc) is 2.15. The highest BCUT2D eigenvalue weighted by Gasteiger charge is 2.08. The molecule has 0 aromatic carbocycles. The molecule has 1 heterocycles. The van der Waals surface area contributed by atoms with E-state index in [9.17, 15) is 13.6 Å². The topological polar surface area (TPSA) is 54.9 Å². The summed E-state index contributed by atoms with van der Waals surface area (Å²) in [6.07, 6.45) is -0.00697. The molecular formula is C7H7F2N3O. The largest absolute Gasteiger partial charge is 0.345 e. The van der Waals surface area contributed by atoms with Crippen LogP contribution in [0.1, 0.15) is 10.5 Å². The molecule has 0 aliphatic carbocycles. The summed E-state index contributed by atoms with van der Waals surface area (Å²) >= 11 is 0. The van der Waals surface area contributed by atoms with Gasteiger partial charge in [0.25, 0.3) is 12.3 Å². The van der Waals surface area contributed by atoms with Crippen molar-refractivity contribution in [3.05, 3.63) is 24.3 Å². The molecule has 0 saturated heterocycles. The van der Waals surface area contributed by atoms with Gasteiger partial charge in [-0.3, -0.25) is 4.79 Å². The van der Waals surface area contributed by atoms with Gasteiger partial charge < -0.3 is 5.32 Å². The fourth-order valence-electron chi connectivity index (χ4n) is 0.685. The Labute approximate surface area is 73.0 Å². The Balaban J connectivity index is 2.50. The molecule has 1 aromatic rings. The van der Waals surface area contributed by atoms with Crippen LogP contribution in [0.25, 0.3) is 0 Å². The second-order valence-electron chi connectivity index (χ2n) is 2.20. The maximum absolute atomic E-state index is 11.7. The number of carbonyl (C=O) groups excluding carboxylic acids is 1. The molecule has 0 unspecified atom stereocenters. The monoisotopic (exact) mass is 187 g/mol. The zero-order chi connectivity index (χ0) is 9.68. The highest BCUT2D eigenvalue weighted by atomic mass is 19.3. The molecule has 1 aromatic heterocycles. The highest BCUT2D eigenvalue weighted by molar-refractivity contribution is 5.91. The number of carbonyl (C=O) groups is 1. The van der Waals surface area contributed by atoms with Crippen molar-refractivity contribution >= 4 is 5.91 Å². The van der Waals surface area contributed by atoms with E-state index in [0.717, 1.165) is 0 Å². The molecule has 4 nitrogen and oxygen atoms in total. The van der Waals surface area contributed by atoms with Gasteiger partial charge in [0.05, 0.1) is 6.54 Å². The van der Waals surface area contributed by atoms with Crippen molar-refractivity contribution in [3.63, 3.8) is 0 Å². The van der Waals surface area contributed by atoms with Crippen LogP contribution >= 0.6 is 0 Å². The number of hydrogen-bond donors (Lipinski definition) is 1. The van der Waals surface area contributed by atoms with Crippen LogP contribution in [-0.4, -0.2) is 28.8 Å². The summed E-state index contributed by atoms with van der Waals surface area (Å²) in [6.45, 7) is -0.664. The van der Waals surface area contributed by atoms with E-state index in [0.29, 0.717) is 0 Å². The predicted octanol–water partition coefficient (Wildman–Crippen LogP) is 0.471. The first-order valence-corrected chi connectivity index (χ1v) is 3.52. The molecule has 1 amide bonds. The number of nitrogens with one attached hydrogen (secondary N) is 1. The van der Waals surface area contributed by atoms with Crippen LogP contribution in [0.15, 0.2) is 18.6 Å². The number of amides is 1. The van der Waals surface area contributed by atoms with Gasteiger partial charge in [-0.2, -0.15) is 0 Å². The minimum atomic E-state index is -2.55. The fraction of sp³-hybridized carbons (Fsp3) is 0.286. The molecule has 0 spiro atoms. The molecule has 0 aliphatic rings. The summed E-state index contributed by atoms with van der Waals surface area (Å²) in [7, 11) is 0. The van der Waals surface area contributed by atoms with Crippen molar-refractivity contribution in [1.29, 1.82) is 0 Å². The van der Waals surface area contributed by atoms with E-state index in [-0.39, 0.29) is 5.69 Å². The molecule has 1 rings (SSSR count). The van der Waals surface area contributed by atoms with Gasteiger partial charge in [0.1, 0.15) is 12.0 Å². The van der Waals surface area contributed by atoms with Crippen molar-refractivity contribution < 1.29 is 13.6 Å². The lowest BCUT2D eigenvalue weighted by molar-refractivity contribution is 0.0887. The molecule has 0 bridgehead atoms. The van der Waals surface area contributed by atoms with Crippen LogP contribution in [0.5, 0.6) is 0 Å². The Morgan fingerprint density at radius 3 is 2.92 bits per heavy atom. The Kier molecular flexibility index (Phi) is 3.24. The maximum atomic E-state index is 11.7. The van der Waals surface area contributed by atoms with E-state index >= 15 is 0 Å². The number of aromatic nitrogens is 2. The second kappa shape index (κ2) is 4.44. The van der Waals surface area contributed by atoms with Crippen LogP contribution in [0.4, 0.5) is 8.78 Å². The van der Waals surface area contributed by atoms with Crippen LogP contribution in [0, 0.1) is 0 Å². The quantitative estimate of drug-likeness (QED) is 0.748. The van der Waals surface area contributed by atoms with Crippen molar-refractivity contribution in [1.82, 2.24) is 15.3 Å². The molecular weight excluding hydrogens is 180 g/mol. The zero-order valence-corrected chi connectivity index (χ0v) is 6.58. The van der Waals surface area contributed by atoms with E-state index in [4.69, 9.17) is 0 Å². The number of nitrogens with zero attached hydrogens (tertiary/aromatic N) is 2. The van der Waals surface area contributed by atoms with Gasteiger partial charge in [-0.05, 0) is 6.07 Å². The summed E-state index contributed by atoms with van der Waals surface area (Å²) in [6, 6.07) is 1.35. The summed E-state index contributed by atoms with van der Waals surface area (Å²) < 4.78 is 23.3. The standard InChI is InChI=1S/C7H7F2N3O/c8-6(9)3-11-7(13)5-1-2-10-4-12-5/h1-2,4,6H,3H2,(H,11,13). The SMILES string of the molecule is O=C(NCC(F)F)c1ccncn1. The van der Waals surface area contributed by atoms with Crippen molar-refractivity contribution in [2.24, 2.45) is 0 Å². The molecule has 1 N–H and O–H groups in total. The smallest absolute Gasteiger partial charge is 0.270 e. The highest BCUT2D eigenvalue weighted by Crippen LogP contribution is 1.92. The van der Waals surface area contributed by atoms with E-state index in [1.807, 2.05) is 5.32 Å². The van der Waals surface area contributed by atoms with E-state index < -0.39 is 18.9 Å². The lowest BCUT2D eigenvalue weighted by atomic mass is 10.4. The fourth-order valence-corrected chi connectivity index (χ4v) is 0.685. The van der Waals surface area contributed by atoms with E-state index in [1.165, 1.54) is 18.6 Å². The minimum Gasteiger partial charge on any atom is -0.345 e. The number of alkyl halides is 2. The molecule has 0 radical (unpaired) electrons. The number of rotatable bonds is 3. The first kappa shape index (κ1) is 9.50. The first-order valence-electron chi connectivity index (χ1n) is 3.52. The van der Waals surface area contributed by atoms with Gasteiger partial charge in [0, 0.05) is 6.20 Å². The van der Waals surface area contributed by atoms with Crippen LogP contribution in [-0.2, 0) is 0 Å². The lowest BCUT2D eigenvalue weighted by Crippen LogP contribution is -2.29. The molecule has 0 fully saturated rings. The second-order valence-corrected chi connectivity index (χ2v) is 2.20. The molecule has 70 valence electrons. The van der Waals surface area contributed by atoms with Gasteiger partial charge in [-0.15, -0.1) is 0 Å². The van der Waals surface area contributed by atoms with Crippen molar-refractivity contribution in [2.75, 3.05) is 6.54 Å². The minimum absolute atomic E-state index is 0.0793. The van der Waals surface area contributed by atoms with Crippen LogP contribution < -0.4 is 5.32 Å². The van der Waals surface area contributed by atoms with Crippen molar-refractivity contribution in [3.8, 4) is 0 Å². The summed E-state index contributed by atoms with van der Waals surface area (Å²) in [4.78, 5) is 18.2. The number of halogens is 2. The average molecular weight is 187 g/mol. The molecule has 0 aliphatic heterocycles. The van der Waals surface area contributed by atoms with Crippen LogP contribution in [0.2, 0.25) is 0 Å². The summed E-state index contributed by atoms with van der Waals surface area (Å²) in [5.74, 6) is -0.622. The Bertz CT molecular complexity index is 278. The Hall–Kier alpha value is -1.59. The number of hydrogen-bond acceptors (Lipinski definition) is 3. The molecule has 0 saturated carbocycles. The molecule has 6 heteroatoms. The molecule has 13 heavy (non-hydrogen) atoms.